The summed E-state index contributed by atoms with van der Waals surface area (Å²) in [6, 6.07) is 21.9. The largest absolute Gasteiger partial charge is 0.383 e. The molecule has 3 nitrogen and oxygen atoms in total. The zero-order chi connectivity index (χ0) is 15.5. The zero-order valence-electron chi connectivity index (χ0n) is 12.2. The third-order valence-corrected chi connectivity index (χ3v) is 3.66. The molecule has 0 aliphatic carbocycles. The van der Waals surface area contributed by atoms with Gasteiger partial charge < -0.3 is 5.73 Å². The number of aryl methyl sites for hydroxylation is 1. The summed E-state index contributed by atoms with van der Waals surface area (Å²) in [4.78, 5) is 4.39. The Morgan fingerprint density at radius 2 is 1.64 bits per heavy atom. The monoisotopic (exact) mass is 285 g/mol. The van der Waals surface area contributed by atoms with E-state index in [4.69, 9.17) is 5.73 Å². The molecule has 0 atom stereocenters. The minimum Gasteiger partial charge on any atom is -0.383 e. The molecule has 0 spiro atoms. The highest BCUT2D eigenvalue weighted by molar-refractivity contribution is 5.81. The number of nitriles is 1. The fourth-order valence-corrected chi connectivity index (χ4v) is 2.53. The first-order valence-electron chi connectivity index (χ1n) is 7.02. The predicted octanol–water partition coefficient (Wildman–Crippen LogP) is 4.18. The molecule has 0 bridgehead atoms. The molecule has 2 N–H and O–H groups in total. The number of anilines is 1. The summed E-state index contributed by atoms with van der Waals surface area (Å²) in [6.07, 6.45) is 0. The summed E-state index contributed by atoms with van der Waals surface area (Å²) in [5, 5.41) is 9.44. The van der Waals surface area contributed by atoms with Gasteiger partial charge >= 0.3 is 0 Å². The molecule has 1 heterocycles. The molecule has 22 heavy (non-hydrogen) atoms. The number of benzene rings is 2. The Kier molecular flexibility index (Phi) is 3.59. The SMILES string of the molecule is Cc1ccccc1-c1cc(-c2ccccc2)nc(N)c1C#N. The third kappa shape index (κ3) is 2.43. The van der Waals surface area contributed by atoms with Crippen molar-refractivity contribution in [3.63, 3.8) is 0 Å². The lowest BCUT2D eigenvalue weighted by molar-refractivity contribution is 1.30. The van der Waals surface area contributed by atoms with Gasteiger partial charge in [-0.25, -0.2) is 4.98 Å². The van der Waals surface area contributed by atoms with Crippen LogP contribution in [0.3, 0.4) is 0 Å². The van der Waals surface area contributed by atoms with E-state index in [0.717, 1.165) is 27.9 Å². The number of hydrogen-bond acceptors (Lipinski definition) is 3. The van der Waals surface area contributed by atoms with Gasteiger partial charge in [0.15, 0.2) is 0 Å². The van der Waals surface area contributed by atoms with E-state index in [1.165, 1.54) is 0 Å². The van der Waals surface area contributed by atoms with Crippen LogP contribution in [0.1, 0.15) is 11.1 Å². The van der Waals surface area contributed by atoms with Crippen LogP contribution in [0.25, 0.3) is 22.4 Å². The van der Waals surface area contributed by atoms with Crippen molar-refractivity contribution in [1.29, 1.82) is 5.26 Å². The van der Waals surface area contributed by atoms with E-state index in [1.807, 2.05) is 67.6 Å². The first-order valence-corrected chi connectivity index (χ1v) is 7.02. The average Bonchev–Trinajstić information content (AvgIpc) is 2.55. The second kappa shape index (κ2) is 5.71. The molecular weight excluding hydrogens is 270 g/mol. The molecule has 0 saturated heterocycles. The van der Waals surface area contributed by atoms with Gasteiger partial charge in [-0.3, -0.25) is 0 Å². The highest BCUT2D eigenvalue weighted by Crippen LogP contribution is 2.32. The van der Waals surface area contributed by atoms with E-state index in [-0.39, 0.29) is 5.82 Å². The molecule has 3 heteroatoms. The van der Waals surface area contributed by atoms with Crippen molar-refractivity contribution in [2.45, 2.75) is 6.92 Å². The fraction of sp³-hybridized carbons (Fsp3) is 0.0526. The Balaban J connectivity index is 2.28. The number of aromatic nitrogens is 1. The van der Waals surface area contributed by atoms with Crippen molar-refractivity contribution < 1.29 is 0 Å². The van der Waals surface area contributed by atoms with Crippen LogP contribution in [0.2, 0.25) is 0 Å². The molecule has 0 amide bonds. The van der Waals surface area contributed by atoms with Crippen LogP contribution in [-0.4, -0.2) is 4.98 Å². The lowest BCUT2D eigenvalue weighted by Crippen LogP contribution is -2.00. The van der Waals surface area contributed by atoms with Gasteiger partial charge in [-0.2, -0.15) is 5.26 Å². The van der Waals surface area contributed by atoms with Crippen LogP contribution in [0.4, 0.5) is 5.82 Å². The molecule has 3 rings (SSSR count). The van der Waals surface area contributed by atoms with Crippen LogP contribution in [0.5, 0.6) is 0 Å². The lowest BCUT2D eigenvalue weighted by atomic mass is 9.95. The van der Waals surface area contributed by atoms with Crippen molar-refractivity contribution >= 4 is 5.82 Å². The Hall–Kier alpha value is -3.12. The number of hydrogen-bond donors (Lipinski definition) is 1. The van der Waals surface area contributed by atoms with Gasteiger partial charge in [-0.1, -0.05) is 54.6 Å². The second-order valence-electron chi connectivity index (χ2n) is 5.11. The molecular formula is C19H15N3. The zero-order valence-corrected chi connectivity index (χ0v) is 12.2. The summed E-state index contributed by atoms with van der Waals surface area (Å²) in [5.74, 6) is 0.266. The van der Waals surface area contributed by atoms with Gasteiger partial charge in [0.2, 0.25) is 0 Å². The van der Waals surface area contributed by atoms with Gasteiger partial charge in [0.1, 0.15) is 17.5 Å². The van der Waals surface area contributed by atoms with Crippen molar-refractivity contribution in [3.05, 3.63) is 71.8 Å². The maximum atomic E-state index is 9.44. The molecule has 0 unspecified atom stereocenters. The van der Waals surface area contributed by atoms with Gasteiger partial charge in [-0.15, -0.1) is 0 Å². The van der Waals surface area contributed by atoms with Crippen molar-refractivity contribution in [1.82, 2.24) is 4.98 Å². The summed E-state index contributed by atoms with van der Waals surface area (Å²) >= 11 is 0. The van der Waals surface area contributed by atoms with Crippen molar-refractivity contribution in [2.24, 2.45) is 0 Å². The second-order valence-corrected chi connectivity index (χ2v) is 5.11. The van der Waals surface area contributed by atoms with E-state index in [2.05, 4.69) is 11.1 Å². The summed E-state index contributed by atoms with van der Waals surface area (Å²) < 4.78 is 0. The number of nitrogens with two attached hydrogens (primary N) is 1. The minimum absolute atomic E-state index is 0.266. The predicted molar refractivity (Wildman–Crippen MR) is 89.0 cm³/mol. The van der Waals surface area contributed by atoms with E-state index in [1.54, 1.807) is 0 Å². The molecule has 0 saturated carbocycles. The quantitative estimate of drug-likeness (QED) is 0.768. The van der Waals surface area contributed by atoms with Gasteiger partial charge in [0.25, 0.3) is 0 Å². The molecule has 2 aromatic carbocycles. The van der Waals surface area contributed by atoms with Crippen molar-refractivity contribution in [2.75, 3.05) is 5.73 Å². The Labute approximate surface area is 129 Å². The number of nitrogens with zero attached hydrogens (tertiary/aromatic N) is 2. The molecule has 3 aromatic rings. The molecule has 0 aliphatic heterocycles. The normalized spacial score (nSPS) is 10.2. The number of rotatable bonds is 2. The minimum atomic E-state index is 0.266. The summed E-state index contributed by atoms with van der Waals surface area (Å²) in [6.45, 7) is 2.02. The fourth-order valence-electron chi connectivity index (χ4n) is 2.53. The topological polar surface area (TPSA) is 62.7 Å². The first kappa shape index (κ1) is 13.8. The van der Waals surface area contributed by atoms with Crippen LogP contribution in [-0.2, 0) is 0 Å². The lowest BCUT2D eigenvalue weighted by Gasteiger charge is -2.12. The summed E-state index contributed by atoms with van der Waals surface area (Å²) in [5.41, 5.74) is 11.1. The van der Waals surface area contributed by atoms with Gasteiger partial charge in [-0.05, 0) is 24.1 Å². The third-order valence-electron chi connectivity index (χ3n) is 3.66. The van der Waals surface area contributed by atoms with E-state index < -0.39 is 0 Å². The maximum Gasteiger partial charge on any atom is 0.142 e. The van der Waals surface area contributed by atoms with E-state index in [9.17, 15) is 5.26 Å². The average molecular weight is 285 g/mol. The summed E-state index contributed by atoms with van der Waals surface area (Å²) in [7, 11) is 0. The van der Waals surface area contributed by atoms with E-state index in [0.29, 0.717) is 5.56 Å². The van der Waals surface area contributed by atoms with Crippen LogP contribution >= 0.6 is 0 Å². The Morgan fingerprint density at radius 1 is 0.955 bits per heavy atom. The first-order chi connectivity index (χ1) is 10.7. The smallest absolute Gasteiger partial charge is 0.142 e. The highest BCUT2D eigenvalue weighted by Gasteiger charge is 2.14. The standard InChI is InChI=1S/C19H15N3/c1-13-7-5-6-10-15(13)16-11-18(14-8-3-2-4-9-14)22-19(21)17(16)12-20/h2-11H,1H3,(H2,21,22). The van der Waals surface area contributed by atoms with Gasteiger partial charge in [0.05, 0.1) is 5.69 Å². The molecule has 0 fully saturated rings. The molecule has 0 radical (unpaired) electrons. The molecule has 106 valence electrons. The van der Waals surface area contributed by atoms with Crippen molar-refractivity contribution in [3.8, 4) is 28.5 Å². The maximum absolute atomic E-state index is 9.44. The molecule has 0 aliphatic rings. The Morgan fingerprint density at radius 3 is 2.32 bits per heavy atom. The molecule has 1 aromatic heterocycles. The number of pyridine rings is 1. The Bertz CT molecular complexity index is 862. The van der Waals surface area contributed by atoms with Crippen LogP contribution in [0.15, 0.2) is 60.7 Å². The van der Waals surface area contributed by atoms with E-state index >= 15 is 0 Å². The van der Waals surface area contributed by atoms with Gasteiger partial charge in [0, 0.05) is 11.1 Å². The highest BCUT2D eigenvalue weighted by atomic mass is 14.8. The number of nitrogen functional groups attached to an aromatic ring is 1. The van der Waals surface area contributed by atoms with Crippen LogP contribution < -0.4 is 5.73 Å². The van der Waals surface area contributed by atoms with Crippen LogP contribution in [0, 0.1) is 18.3 Å².